The summed E-state index contributed by atoms with van der Waals surface area (Å²) in [4.78, 5) is 12.3. The Kier molecular flexibility index (Phi) is 6.58. The van der Waals surface area contributed by atoms with E-state index >= 15 is 0 Å². The van der Waals surface area contributed by atoms with Crippen molar-refractivity contribution in [2.24, 2.45) is 0 Å². The average Bonchev–Trinajstić information content (AvgIpc) is 2.70. The maximum Gasteiger partial charge on any atom is 0.323 e. The van der Waals surface area contributed by atoms with Crippen LogP contribution in [0.2, 0.25) is 0 Å². The lowest BCUT2D eigenvalue weighted by molar-refractivity contribution is 0.262. The van der Waals surface area contributed by atoms with E-state index in [1.807, 2.05) is 30.3 Å². The van der Waals surface area contributed by atoms with Crippen molar-refractivity contribution in [3.05, 3.63) is 83.9 Å². The Labute approximate surface area is 176 Å². The van der Waals surface area contributed by atoms with Crippen LogP contribution in [-0.2, 0) is 16.6 Å². The van der Waals surface area contributed by atoms with Crippen LogP contribution in [0.3, 0.4) is 0 Å². The van der Waals surface area contributed by atoms with Gasteiger partial charge in [-0.05, 0) is 54.4 Å². The van der Waals surface area contributed by atoms with E-state index in [4.69, 9.17) is 4.74 Å². The second-order valence-electron chi connectivity index (χ2n) is 6.78. The van der Waals surface area contributed by atoms with Crippen LogP contribution in [0.25, 0.3) is 0 Å². The van der Waals surface area contributed by atoms with E-state index in [1.54, 1.807) is 49.4 Å². The molecule has 8 heteroatoms. The molecular weight excluding hydrogens is 402 g/mol. The lowest BCUT2D eigenvalue weighted by Crippen LogP contribution is -2.19. The molecule has 0 bridgehead atoms. The molecule has 2 amide bonds. The number of aryl methyl sites for hydroxylation is 1. The molecule has 0 aliphatic rings. The molecular formula is C22H23N3O4S. The molecule has 30 heavy (non-hydrogen) atoms. The summed E-state index contributed by atoms with van der Waals surface area (Å²) in [6, 6.07) is 21.4. The maximum atomic E-state index is 12.3. The molecule has 0 fully saturated rings. The smallest absolute Gasteiger partial charge is 0.323 e. The SMILES string of the molecule is Cc1ccc(NC(=O)Nc2ccc(OCc3ccccc3)cc2)cc1NS(C)(=O)=O. The standard InChI is InChI=1S/C22H23N3O4S/c1-16-8-9-19(14-21(16)25-30(2,27)28)24-22(26)23-18-10-12-20(13-11-18)29-15-17-6-4-3-5-7-17/h3-14,25H,15H2,1-2H3,(H2,23,24,26). The summed E-state index contributed by atoms with van der Waals surface area (Å²) in [5.74, 6) is 0.694. The van der Waals surface area contributed by atoms with Gasteiger partial charge in [0.1, 0.15) is 12.4 Å². The zero-order valence-electron chi connectivity index (χ0n) is 16.7. The van der Waals surface area contributed by atoms with Crippen molar-refractivity contribution in [3.63, 3.8) is 0 Å². The molecule has 0 aliphatic carbocycles. The van der Waals surface area contributed by atoms with Gasteiger partial charge in [-0.2, -0.15) is 0 Å². The van der Waals surface area contributed by atoms with E-state index in [0.717, 1.165) is 17.4 Å². The fraction of sp³-hybridized carbons (Fsp3) is 0.136. The molecule has 0 aromatic heterocycles. The topological polar surface area (TPSA) is 96.5 Å². The molecule has 0 saturated heterocycles. The number of carbonyl (C=O) groups excluding carboxylic acids is 1. The minimum atomic E-state index is -3.41. The van der Waals surface area contributed by atoms with Crippen LogP contribution in [0, 0.1) is 6.92 Å². The van der Waals surface area contributed by atoms with Crippen LogP contribution in [-0.4, -0.2) is 20.7 Å². The van der Waals surface area contributed by atoms with Crippen LogP contribution in [0.5, 0.6) is 5.75 Å². The number of sulfonamides is 1. The third-order valence-corrected chi connectivity index (χ3v) is 4.74. The van der Waals surface area contributed by atoms with E-state index in [-0.39, 0.29) is 0 Å². The highest BCUT2D eigenvalue weighted by Crippen LogP contribution is 2.22. The van der Waals surface area contributed by atoms with Crippen molar-refractivity contribution < 1.29 is 17.9 Å². The van der Waals surface area contributed by atoms with Gasteiger partial charge in [0, 0.05) is 11.4 Å². The number of rotatable bonds is 7. The van der Waals surface area contributed by atoms with Gasteiger partial charge in [-0.3, -0.25) is 4.72 Å². The molecule has 0 heterocycles. The Hall–Kier alpha value is -3.52. The first-order chi connectivity index (χ1) is 14.3. The van der Waals surface area contributed by atoms with Gasteiger partial charge in [0.25, 0.3) is 0 Å². The largest absolute Gasteiger partial charge is 0.489 e. The van der Waals surface area contributed by atoms with Gasteiger partial charge < -0.3 is 15.4 Å². The van der Waals surface area contributed by atoms with Crippen LogP contribution in [0.15, 0.2) is 72.8 Å². The summed E-state index contributed by atoms with van der Waals surface area (Å²) < 4.78 is 31.1. The van der Waals surface area contributed by atoms with Crippen molar-refractivity contribution in [2.75, 3.05) is 21.6 Å². The van der Waals surface area contributed by atoms with Crippen molar-refractivity contribution in [2.45, 2.75) is 13.5 Å². The first kappa shape index (κ1) is 21.2. The number of ether oxygens (including phenoxy) is 1. The number of hydrogen-bond acceptors (Lipinski definition) is 4. The number of benzene rings is 3. The molecule has 0 aliphatic heterocycles. The zero-order chi connectivity index (χ0) is 21.6. The molecule has 0 atom stereocenters. The van der Waals surface area contributed by atoms with E-state index in [2.05, 4.69) is 15.4 Å². The molecule has 0 spiro atoms. The quantitative estimate of drug-likeness (QED) is 0.516. The Morgan fingerprint density at radius 3 is 2.20 bits per heavy atom. The fourth-order valence-corrected chi connectivity index (χ4v) is 3.30. The van der Waals surface area contributed by atoms with E-state index in [9.17, 15) is 13.2 Å². The number of hydrogen-bond donors (Lipinski definition) is 3. The van der Waals surface area contributed by atoms with Gasteiger partial charge in [-0.1, -0.05) is 36.4 Å². The third kappa shape index (κ3) is 6.52. The minimum absolute atomic E-state index is 0.412. The highest BCUT2D eigenvalue weighted by atomic mass is 32.2. The van der Waals surface area contributed by atoms with Crippen LogP contribution < -0.4 is 20.1 Å². The van der Waals surface area contributed by atoms with Gasteiger partial charge in [-0.25, -0.2) is 13.2 Å². The Morgan fingerprint density at radius 1 is 0.900 bits per heavy atom. The molecule has 156 valence electrons. The molecule has 7 nitrogen and oxygen atoms in total. The molecule has 0 unspecified atom stereocenters. The highest BCUT2D eigenvalue weighted by molar-refractivity contribution is 7.92. The summed E-state index contributed by atoms with van der Waals surface area (Å²) in [7, 11) is -3.41. The number of carbonyl (C=O) groups is 1. The number of nitrogens with one attached hydrogen (secondary N) is 3. The third-order valence-electron chi connectivity index (χ3n) is 4.15. The fourth-order valence-electron chi connectivity index (χ4n) is 2.68. The summed E-state index contributed by atoms with van der Waals surface area (Å²) in [5, 5.41) is 5.42. The summed E-state index contributed by atoms with van der Waals surface area (Å²) >= 11 is 0. The second-order valence-corrected chi connectivity index (χ2v) is 8.53. The normalized spacial score (nSPS) is 10.9. The molecule has 0 saturated carbocycles. The Balaban J connectivity index is 1.56. The lowest BCUT2D eigenvalue weighted by Gasteiger charge is -2.12. The van der Waals surface area contributed by atoms with E-state index in [0.29, 0.717) is 29.4 Å². The van der Waals surface area contributed by atoms with E-state index in [1.165, 1.54) is 0 Å². The van der Waals surface area contributed by atoms with Crippen LogP contribution in [0.4, 0.5) is 21.9 Å². The van der Waals surface area contributed by atoms with Gasteiger partial charge in [0.2, 0.25) is 10.0 Å². The molecule has 3 N–H and O–H groups in total. The van der Waals surface area contributed by atoms with Gasteiger partial charge in [0.15, 0.2) is 0 Å². The van der Waals surface area contributed by atoms with Crippen LogP contribution >= 0.6 is 0 Å². The summed E-state index contributed by atoms with van der Waals surface area (Å²) in [6.45, 7) is 2.24. The number of urea groups is 1. The average molecular weight is 426 g/mol. The predicted octanol–water partition coefficient (Wildman–Crippen LogP) is 4.59. The van der Waals surface area contributed by atoms with Gasteiger partial charge in [-0.15, -0.1) is 0 Å². The van der Waals surface area contributed by atoms with Crippen molar-refractivity contribution >= 4 is 33.1 Å². The number of anilines is 3. The predicted molar refractivity (Wildman–Crippen MR) is 120 cm³/mol. The molecule has 3 aromatic carbocycles. The summed E-state index contributed by atoms with van der Waals surface area (Å²) in [5.41, 5.74) is 3.29. The maximum absolute atomic E-state index is 12.3. The first-order valence-corrected chi connectivity index (χ1v) is 11.1. The lowest BCUT2D eigenvalue weighted by atomic mass is 10.2. The minimum Gasteiger partial charge on any atom is -0.489 e. The van der Waals surface area contributed by atoms with Crippen molar-refractivity contribution in [1.82, 2.24) is 0 Å². The molecule has 0 radical (unpaired) electrons. The van der Waals surface area contributed by atoms with Gasteiger partial charge in [0.05, 0.1) is 11.9 Å². The van der Waals surface area contributed by atoms with Crippen molar-refractivity contribution in [1.29, 1.82) is 0 Å². The van der Waals surface area contributed by atoms with E-state index < -0.39 is 16.1 Å². The summed E-state index contributed by atoms with van der Waals surface area (Å²) in [6.07, 6.45) is 1.08. The Bertz CT molecular complexity index is 1110. The second kappa shape index (κ2) is 9.32. The zero-order valence-corrected chi connectivity index (χ0v) is 17.5. The first-order valence-electron chi connectivity index (χ1n) is 9.22. The number of amides is 2. The van der Waals surface area contributed by atoms with Crippen molar-refractivity contribution in [3.8, 4) is 5.75 Å². The Morgan fingerprint density at radius 2 is 1.53 bits per heavy atom. The molecule has 3 aromatic rings. The molecule has 3 rings (SSSR count). The highest BCUT2D eigenvalue weighted by Gasteiger charge is 2.08. The monoisotopic (exact) mass is 425 g/mol. The van der Waals surface area contributed by atoms with Crippen LogP contribution in [0.1, 0.15) is 11.1 Å². The van der Waals surface area contributed by atoms with Gasteiger partial charge >= 0.3 is 6.03 Å².